The van der Waals surface area contributed by atoms with E-state index in [1.807, 2.05) is 30.3 Å². The second-order valence-corrected chi connectivity index (χ2v) is 3.74. The van der Waals surface area contributed by atoms with Gasteiger partial charge in [0.05, 0.1) is 13.7 Å². The van der Waals surface area contributed by atoms with E-state index in [4.69, 9.17) is 9.84 Å². The highest BCUT2D eigenvalue weighted by Crippen LogP contribution is 2.31. The van der Waals surface area contributed by atoms with Gasteiger partial charge in [0.2, 0.25) is 0 Å². The van der Waals surface area contributed by atoms with E-state index in [0.717, 1.165) is 16.7 Å². The molecule has 17 heavy (non-hydrogen) atoms. The third-order valence-electron chi connectivity index (χ3n) is 2.65. The lowest BCUT2D eigenvalue weighted by Gasteiger charge is -2.07. The summed E-state index contributed by atoms with van der Waals surface area (Å²) in [5.41, 5.74) is 2.76. The van der Waals surface area contributed by atoms with Crippen molar-refractivity contribution in [3.63, 3.8) is 0 Å². The van der Waals surface area contributed by atoms with Crippen molar-refractivity contribution in [1.82, 2.24) is 0 Å². The highest BCUT2D eigenvalue weighted by molar-refractivity contribution is 5.67. The predicted molar refractivity (Wildman–Crippen MR) is 66.0 cm³/mol. The molecule has 0 aromatic heterocycles. The molecular weight excluding hydrogens is 216 g/mol. The number of hydrogen-bond acceptors (Lipinski definition) is 3. The summed E-state index contributed by atoms with van der Waals surface area (Å²) in [6, 6.07) is 12.8. The van der Waals surface area contributed by atoms with Gasteiger partial charge in [-0.1, -0.05) is 30.3 Å². The quantitative estimate of drug-likeness (QED) is 0.852. The van der Waals surface area contributed by atoms with Crippen LogP contribution >= 0.6 is 0 Å². The summed E-state index contributed by atoms with van der Waals surface area (Å²) in [5, 5.41) is 18.6. The Labute approximate surface area is 99.9 Å². The molecule has 0 atom stereocenters. The average molecular weight is 230 g/mol. The molecule has 0 fully saturated rings. The number of hydrogen-bond donors (Lipinski definition) is 2. The molecule has 0 bridgehead atoms. The Hall–Kier alpha value is -2.00. The smallest absolute Gasteiger partial charge is 0.160 e. The molecule has 0 radical (unpaired) electrons. The Morgan fingerprint density at radius 1 is 1.00 bits per heavy atom. The molecule has 0 aliphatic rings. The van der Waals surface area contributed by atoms with Crippen LogP contribution in [0.5, 0.6) is 11.5 Å². The van der Waals surface area contributed by atoms with Crippen LogP contribution in [-0.4, -0.2) is 17.3 Å². The third kappa shape index (κ3) is 2.40. The molecule has 0 aliphatic heterocycles. The van der Waals surface area contributed by atoms with Crippen LogP contribution in [0.1, 0.15) is 5.56 Å². The van der Waals surface area contributed by atoms with E-state index >= 15 is 0 Å². The first-order valence-electron chi connectivity index (χ1n) is 5.32. The summed E-state index contributed by atoms with van der Waals surface area (Å²) < 4.78 is 4.99. The predicted octanol–water partition coefficient (Wildman–Crippen LogP) is 2.56. The molecule has 3 heteroatoms. The normalized spacial score (nSPS) is 10.2. The topological polar surface area (TPSA) is 49.7 Å². The van der Waals surface area contributed by atoms with Gasteiger partial charge >= 0.3 is 0 Å². The Bertz CT molecular complexity index is 503. The first-order valence-corrected chi connectivity index (χ1v) is 5.32. The fraction of sp³-hybridized carbons (Fsp3) is 0.143. The maximum Gasteiger partial charge on any atom is 0.160 e. The van der Waals surface area contributed by atoms with E-state index in [0.29, 0.717) is 5.75 Å². The van der Waals surface area contributed by atoms with Crippen molar-refractivity contribution in [2.45, 2.75) is 6.61 Å². The van der Waals surface area contributed by atoms with Gasteiger partial charge in [-0.2, -0.15) is 0 Å². The first kappa shape index (κ1) is 11.5. The monoisotopic (exact) mass is 230 g/mol. The number of benzene rings is 2. The van der Waals surface area contributed by atoms with Crippen LogP contribution in [0, 0.1) is 0 Å². The van der Waals surface area contributed by atoms with E-state index in [1.54, 1.807) is 12.1 Å². The van der Waals surface area contributed by atoms with E-state index < -0.39 is 0 Å². The molecule has 2 N–H and O–H groups in total. The van der Waals surface area contributed by atoms with Gasteiger partial charge in [0.1, 0.15) is 0 Å². The van der Waals surface area contributed by atoms with E-state index in [1.165, 1.54) is 7.11 Å². The van der Waals surface area contributed by atoms with Crippen LogP contribution in [0.2, 0.25) is 0 Å². The van der Waals surface area contributed by atoms with Crippen molar-refractivity contribution in [2.24, 2.45) is 0 Å². The second-order valence-electron chi connectivity index (χ2n) is 3.74. The minimum atomic E-state index is 0.0359. The van der Waals surface area contributed by atoms with Gasteiger partial charge in [-0.3, -0.25) is 0 Å². The number of phenols is 1. The maximum atomic E-state index is 9.69. The standard InChI is InChI=1S/C14H14O3/c1-17-14-7-6-12(8-13(14)16)11-4-2-10(9-15)3-5-11/h2-8,15-16H,9H2,1H3. The Morgan fingerprint density at radius 3 is 2.18 bits per heavy atom. The highest BCUT2D eigenvalue weighted by atomic mass is 16.5. The fourth-order valence-corrected chi connectivity index (χ4v) is 1.67. The summed E-state index contributed by atoms with van der Waals surface area (Å²) in [7, 11) is 1.52. The number of aromatic hydroxyl groups is 1. The van der Waals surface area contributed by atoms with Crippen LogP contribution in [0.15, 0.2) is 42.5 Å². The molecule has 0 spiro atoms. The minimum Gasteiger partial charge on any atom is -0.504 e. The first-order chi connectivity index (χ1) is 8.24. The molecule has 0 amide bonds. The Balaban J connectivity index is 2.35. The lowest BCUT2D eigenvalue weighted by molar-refractivity contribution is 0.282. The molecule has 0 heterocycles. The SMILES string of the molecule is COc1ccc(-c2ccc(CO)cc2)cc1O. The lowest BCUT2D eigenvalue weighted by Crippen LogP contribution is -1.86. The molecule has 2 rings (SSSR count). The van der Waals surface area contributed by atoms with Crippen LogP contribution in [0.25, 0.3) is 11.1 Å². The van der Waals surface area contributed by atoms with Crippen molar-refractivity contribution in [2.75, 3.05) is 7.11 Å². The number of aliphatic hydroxyl groups is 1. The van der Waals surface area contributed by atoms with Crippen molar-refractivity contribution in [1.29, 1.82) is 0 Å². The number of rotatable bonds is 3. The van der Waals surface area contributed by atoms with Gasteiger partial charge in [0.25, 0.3) is 0 Å². The molecule has 2 aromatic rings. The van der Waals surface area contributed by atoms with E-state index in [-0.39, 0.29) is 12.4 Å². The zero-order chi connectivity index (χ0) is 12.3. The summed E-state index contributed by atoms with van der Waals surface area (Å²) in [5.74, 6) is 0.581. The van der Waals surface area contributed by atoms with E-state index in [9.17, 15) is 5.11 Å². The second kappa shape index (κ2) is 4.89. The minimum absolute atomic E-state index is 0.0359. The van der Waals surface area contributed by atoms with Crippen molar-refractivity contribution < 1.29 is 14.9 Å². The fourth-order valence-electron chi connectivity index (χ4n) is 1.67. The van der Waals surface area contributed by atoms with Crippen molar-refractivity contribution >= 4 is 0 Å². The number of aliphatic hydroxyl groups excluding tert-OH is 1. The maximum absolute atomic E-state index is 9.69. The summed E-state index contributed by atoms with van der Waals surface area (Å²) in [4.78, 5) is 0. The Kier molecular flexibility index (Phi) is 3.30. The number of methoxy groups -OCH3 is 1. The van der Waals surface area contributed by atoms with Crippen molar-refractivity contribution in [3.05, 3.63) is 48.0 Å². The van der Waals surface area contributed by atoms with Crippen molar-refractivity contribution in [3.8, 4) is 22.6 Å². The summed E-state index contributed by atoms with van der Waals surface area (Å²) in [6.07, 6.45) is 0. The molecule has 3 nitrogen and oxygen atoms in total. The Morgan fingerprint density at radius 2 is 1.65 bits per heavy atom. The molecule has 2 aromatic carbocycles. The number of ether oxygens (including phenoxy) is 1. The molecule has 0 unspecified atom stereocenters. The van der Waals surface area contributed by atoms with Gasteiger partial charge in [0, 0.05) is 0 Å². The van der Waals surface area contributed by atoms with Gasteiger partial charge in [-0.15, -0.1) is 0 Å². The zero-order valence-electron chi connectivity index (χ0n) is 9.55. The summed E-state index contributed by atoms with van der Waals surface area (Å²) in [6.45, 7) is 0.0359. The van der Waals surface area contributed by atoms with Crippen LogP contribution in [-0.2, 0) is 6.61 Å². The molecule has 88 valence electrons. The highest BCUT2D eigenvalue weighted by Gasteiger charge is 2.04. The van der Waals surface area contributed by atoms with Gasteiger partial charge in [-0.25, -0.2) is 0 Å². The molecule has 0 saturated heterocycles. The van der Waals surface area contributed by atoms with Gasteiger partial charge in [0.15, 0.2) is 11.5 Å². The molecular formula is C14H14O3. The summed E-state index contributed by atoms with van der Waals surface area (Å²) >= 11 is 0. The van der Waals surface area contributed by atoms with Gasteiger partial charge < -0.3 is 14.9 Å². The van der Waals surface area contributed by atoms with Crippen LogP contribution in [0.3, 0.4) is 0 Å². The molecule has 0 aliphatic carbocycles. The average Bonchev–Trinajstić information content (AvgIpc) is 2.39. The lowest BCUT2D eigenvalue weighted by atomic mass is 10.0. The van der Waals surface area contributed by atoms with Gasteiger partial charge in [-0.05, 0) is 28.8 Å². The zero-order valence-corrected chi connectivity index (χ0v) is 9.55. The molecule has 0 saturated carbocycles. The largest absolute Gasteiger partial charge is 0.504 e. The van der Waals surface area contributed by atoms with E-state index in [2.05, 4.69) is 0 Å². The number of phenolic OH excluding ortho intramolecular Hbond substituents is 1. The van der Waals surface area contributed by atoms with Crippen LogP contribution in [0.4, 0.5) is 0 Å². The third-order valence-corrected chi connectivity index (χ3v) is 2.65. The van der Waals surface area contributed by atoms with Crippen LogP contribution < -0.4 is 4.74 Å².